The van der Waals surface area contributed by atoms with Crippen molar-refractivity contribution in [3.8, 4) is 11.5 Å². The predicted molar refractivity (Wildman–Crippen MR) is 64.3 cm³/mol. The molecule has 0 fully saturated rings. The molecule has 1 aromatic carbocycles. The molecule has 1 aromatic rings. The molecule has 17 heavy (non-hydrogen) atoms. The molecule has 0 saturated heterocycles. The number of rotatable bonds is 7. The van der Waals surface area contributed by atoms with Crippen LogP contribution >= 0.6 is 0 Å². The molecule has 5 nitrogen and oxygen atoms in total. The molecule has 1 rings (SSSR count). The van der Waals surface area contributed by atoms with Gasteiger partial charge in [0.2, 0.25) is 0 Å². The molecule has 0 radical (unpaired) electrons. The minimum Gasteiger partial charge on any atom is -0.493 e. The largest absolute Gasteiger partial charge is 0.493 e. The van der Waals surface area contributed by atoms with Crippen LogP contribution in [0.25, 0.3) is 0 Å². The Morgan fingerprint density at radius 1 is 1.24 bits per heavy atom. The van der Waals surface area contributed by atoms with Gasteiger partial charge in [0.25, 0.3) is 0 Å². The highest BCUT2D eigenvalue weighted by molar-refractivity contribution is 5.42. The summed E-state index contributed by atoms with van der Waals surface area (Å²) in [6, 6.07) is 5.54. The van der Waals surface area contributed by atoms with Gasteiger partial charge in [0.15, 0.2) is 11.5 Å². The van der Waals surface area contributed by atoms with Gasteiger partial charge in [-0.15, -0.1) is 0 Å². The standard InChI is InChI=1S/C12H19NO4/c1-15-11-4-3-9(5-12(11)16-2)7-17-8-10(14)6-13/h3-5,10,14H,6-8,13H2,1-2H3/t10-/m0/s1. The van der Waals surface area contributed by atoms with E-state index in [0.717, 1.165) is 5.56 Å². The first-order valence-corrected chi connectivity index (χ1v) is 5.38. The van der Waals surface area contributed by atoms with Crippen molar-refractivity contribution in [2.75, 3.05) is 27.4 Å². The highest BCUT2D eigenvalue weighted by Crippen LogP contribution is 2.27. The van der Waals surface area contributed by atoms with Gasteiger partial charge in [-0.3, -0.25) is 0 Å². The maximum absolute atomic E-state index is 9.22. The van der Waals surface area contributed by atoms with Gasteiger partial charge in [-0.25, -0.2) is 0 Å². The summed E-state index contributed by atoms with van der Waals surface area (Å²) in [5, 5.41) is 9.22. The van der Waals surface area contributed by atoms with Crippen LogP contribution in [0.15, 0.2) is 18.2 Å². The van der Waals surface area contributed by atoms with Crippen molar-refractivity contribution in [2.45, 2.75) is 12.7 Å². The zero-order chi connectivity index (χ0) is 12.7. The number of methoxy groups -OCH3 is 2. The maximum atomic E-state index is 9.22. The van der Waals surface area contributed by atoms with Gasteiger partial charge in [-0.1, -0.05) is 6.07 Å². The summed E-state index contributed by atoms with van der Waals surface area (Å²) < 4.78 is 15.6. The lowest BCUT2D eigenvalue weighted by molar-refractivity contribution is 0.0328. The number of nitrogens with two attached hydrogens (primary N) is 1. The molecule has 0 aromatic heterocycles. The van der Waals surface area contributed by atoms with E-state index in [1.807, 2.05) is 18.2 Å². The SMILES string of the molecule is COc1ccc(COC[C@@H](O)CN)cc1OC. The molecule has 0 aliphatic heterocycles. The zero-order valence-corrected chi connectivity index (χ0v) is 10.2. The van der Waals surface area contributed by atoms with Crippen LogP contribution in [0.3, 0.4) is 0 Å². The van der Waals surface area contributed by atoms with Crippen molar-refractivity contribution >= 4 is 0 Å². The van der Waals surface area contributed by atoms with E-state index in [4.69, 9.17) is 19.9 Å². The number of benzene rings is 1. The number of aliphatic hydroxyl groups is 1. The van der Waals surface area contributed by atoms with Crippen LogP contribution in [0.4, 0.5) is 0 Å². The van der Waals surface area contributed by atoms with Crippen molar-refractivity contribution in [3.05, 3.63) is 23.8 Å². The van der Waals surface area contributed by atoms with Crippen LogP contribution in [-0.4, -0.2) is 38.6 Å². The maximum Gasteiger partial charge on any atom is 0.161 e. The second-order valence-corrected chi connectivity index (χ2v) is 3.59. The molecule has 1 atom stereocenters. The topological polar surface area (TPSA) is 73.9 Å². The van der Waals surface area contributed by atoms with Gasteiger partial charge in [-0.05, 0) is 17.7 Å². The van der Waals surface area contributed by atoms with E-state index >= 15 is 0 Å². The third-order valence-electron chi connectivity index (χ3n) is 2.30. The molecule has 5 heteroatoms. The summed E-state index contributed by atoms with van der Waals surface area (Å²) in [7, 11) is 3.17. The predicted octanol–water partition coefficient (Wildman–Crippen LogP) is 0.540. The lowest BCUT2D eigenvalue weighted by Gasteiger charge is -2.11. The van der Waals surface area contributed by atoms with Gasteiger partial charge in [0.1, 0.15) is 0 Å². The number of hydrogen-bond donors (Lipinski definition) is 2. The van der Waals surface area contributed by atoms with E-state index in [-0.39, 0.29) is 13.2 Å². The van der Waals surface area contributed by atoms with Crippen LogP contribution in [0.1, 0.15) is 5.56 Å². The zero-order valence-electron chi connectivity index (χ0n) is 10.2. The molecular formula is C12H19NO4. The highest BCUT2D eigenvalue weighted by Gasteiger charge is 2.05. The van der Waals surface area contributed by atoms with Gasteiger partial charge in [0.05, 0.1) is 33.5 Å². The van der Waals surface area contributed by atoms with E-state index in [2.05, 4.69) is 0 Å². The van der Waals surface area contributed by atoms with Gasteiger partial charge >= 0.3 is 0 Å². The average Bonchev–Trinajstić information content (AvgIpc) is 2.38. The van der Waals surface area contributed by atoms with Gasteiger partial charge < -0.3 is 25.1 Å². The Balaban J connectivity index is 2.54. The summed E-state index contributed by atoms with van der Waals surface area (Å²) in [6.45, 7) is 0.828. The van der Waals surface area contributed by atoms with E-state index in [1.165, 1.54) is 0 Å². The van der Waals surface area contributed by atoms with Crippen LogP contribution < -0.4 is 15.2 Å². The molecule has 0 aliphatic rings. The van der Waals surface area contributed by atoms with E-state index in [0.29, 0.717) is 18.1 Å². The van der Waals surface area contributed by atoms with E-state index in [1.54, 1.807) is 14.2 Å². The monoisotopic (exact) mass is 241 g/mol. The molecular weight excluding hydrogens is 222 g/mol. The summed E-state index contributed by atoms with van der Waals surface area (Å²) >= 11 is 0. The number of ether oxygens (including phenoxy) is 3. The minimum absolute atomic E-state index is 0.200. The highest BCUT2D eigenvalue weighted by atomic mass is 16.5. The number of hydrogen-bond acceptors (Lipinski definition) is 5. The van der Waals surface area contributed by atoms with Crippen molar-refractivity contribution in [2.24, 2.45) is 5.73 Å². The van der Waals surface area contributed by atoms with Crippen LogP contribution in [0.2, 0.25) is 0 Å². The molecule has 0 saturated carbocycles. The molecule has 0 heterocycles. The van der Waals surface area contributed by atoms with E-state index in [9.17, 15) is 5.11 Å². The smallest absolute Gasteiger partial charge is 0.161 e. The van der Waals surface area contributed by atoms with Crippen molar-refractivity contribution in [3.63, 3.8) is 0 Å². The summed E-state index contributed by atoms with van der Waals surface area (Å²) in [5.41, 5.74) is 6.22. The minimum atomic E-state index is -0.616. The molecule has 0 bridgehead atoms. The Labute approximate surface area is 101 Å². The first-order valence-electron chi connectivity index (χ1n) is 5.38. The molecule has 96 valence electrons. The molecule has 0 spiro atoms. The fourth-order valence-electron chi connectivity index (χ4n) is 1.35. The average molecular weight is 241 g/mol. The van der Waals surface area contributed by atoms with Gasteiger partial charge in [-0.2, -0.15) is 0 Å². The Kier molecular flexibility index (Phi) is 5.76. The second kappa shape index (κ2) is 7.11. The first kappa shape index (κ1) is 13.8. The molecule has 3 N–H and O–H groups in total. The third kappa shape index (κ3) is 4.22. The second-order valence-electron chi connectivity index (χ2n) is 3.59. The molecule has 0 aliphatic carbocycles. The Morgan fingerprint density at radius 2 is 1.94 bits per heavy atom. The Bertz CT molecular complexity index is 343. The van der Waals surface area contributed by atoms with Crippen LogP contribution in [-0.2, 0) is 11.3 Å². The molecule has 0 amide bonds. The summed E-state index contributed by atoms with van der Waals surface area (Å²) in [4.78, 5) is 0. The van der Waals surface area contributed by atoms with Crippen LogP contribution in [0.5, 0.6) is 11.5 Å². The van der Waals surface area contributed by atoms with Gasteiger partial charge in [0, 0.05) is 6.54 Å². The normalized spacial score (nSPS) is 12.2. The Hall–Kier alpha value is -1.30. The van der Waals surface area contributed by atoms with Crippen molar-refractivity contribution in [1.82, 2.24) is 0 Å². The summed E-state index contributed by atoms with van der Waals surface area (Å²) in [6.07, 6.45) is -0.616. The lowest BCUT2D eigenvalue weighted by atomic mass is 10.2. The number of aliphatic hydroxyl groups excluding tert-OH is 1. The van der Waals surface area contributed by atoms with Crippen molar-refractivity contribution in [1.29, 1.82) is 0 Å². The lowest BCUT2D eigenvalue weighted by Crippen LogP contribution is -2.24. The van der Waals surface area contributed by atoms with Crippen LogP contribution in [0, 0.1) is 0 Å². The van der Waals surface area contributed by atoms with Crippen molar-refractivity contribution < 1.29 is 19.3 Å². The summed E-state index contributed by atoms with van der Waals surface area (Å²) in [5.74, 6) is 1.34. The van der Waals surface area contributed by atoms with E-state index < -0.39 is 6.10 Å². The molecule has 0 unspecified atom stereocenters. The fraction of sp³-hybridized carbons (Fsp3) is 0.500. The quantitative estimate of drug-likeness (QED) is 0.729. The third-order valence-corrected chi connectivity index (χ3v) is 2.30. The first-order chi connectivity index (χ1) is 8.21. The fourth-order valence-corrected chi connectivity index (χ4v) is 1.35. The Morgan fingerprint density at radius 3 is 2.53 bits per heavy atom.